The summed E-state index contributed by atoms with van der Waals surface area (Å²) in [7, 11) is 1.50. The third-order valence-electron chi connectivity index (χ3n) is 4.18. The van der Waals surface area contributed by atoms with Crippen LogP contribution in [0.2, 0.25) is 0 Å². The summed E-state index contributed by atoms with van der Waals surface area (Å²) >= 11 is 0. The summed E-state index contributed by atoms with van der Waals surface area (Å²) < 4.78 is 11.9. The van der Waals surface area contributed by atoms with Gasteiger partial charge >= 0.3 is 5.97 Å². The van der Waals surface area contributed by atoms with E-state index in [2.05, 4.69) is 10.4 Å². The summed E-state index contributed by atoms with van der Waals surface area (Å²) in [6.07, 6.45) is 0. The summed E-state index contributed by atoms with van der Waals surface area (Å²) in [5, 5.41) is 17.9. The number of esters is 1. The monoisotopic (exact) mass is 424 g/mol. The van der Waals surface area contributed by atoms with E-state index in [0.29, 0.717) is 5.75 Å². The zero-order valence-corrected chi connectivity index (χ0v) is 17.1. The van der Waals surface area contributed by atoms with Crippen LogP contribution in [-0.4, -0.2) is 33.2 Å². The Kier molecular flexibility index (Phi) is 6.29. The molecule has 31 heavy (non-hydrogen) atoms. The van der Waals surface area contributed by atoms with E-state index in [4.69, 9.17) is 9.47 Å². The number of anilines is 1. The number of benzene rings is 2. The molecule has 1 aromatic heterocycles. The number of non-ortho nitro benzene ring substituents is 1. The minimum atomic E-state index is -0.645. The van der Waals surface area contributed by atoms with Crippen molar-refractivity contribution in [3.05, 3.63) is 75.6 Å². The van der Waals surface area contributed by atoms with Crippen LogP contribution in [0.25, 0.3) is 0 Å². The number of hydrogen-bond donors (Lipinski definition) is 1. The van der Waals surface area contributed by atoms with Crippen LogP contribution >= 0.6 is 0 Å². The Morgan fingerprint density at radius 3 is 2.61 bits per heavy atom. The number of aromatic nitrogens is 2. The minimum absolute atomic E-state index is 0.0433. The van der Waals surface area contributed by atoms with Gasteiger partial charge in [-0.1, -0.05) is 12.1 Å². The van der Waals surface area contributed by atoms with E-state index in [1.807, 2.05) is 13.0 Å². The molecule has 0 aliphatic rings. The molecule has 10 heteroatoms. The van der Waals surface area contributed by atoms with E-state index < -0.39 is 16.8 Å². The zero-order chi connectivity index (χ0) is 22.5. The number of hydrogen-bond acceptors (Lipinski definition) is 7. The smallest absolute Gasteiger partial charge is 0.356 e. The van der Waals surface area contributed by atoms with Gasteiger partial charge in [-0.15, -0.1) is 0 Å². The molecule has 0 unspecified atom stereocenters. The first kappa shape index (κ1) is 21.5. The third-order valence-corrected chi connectivity index (χ3v) is 4.18. The number of ether oxygens (including phenoxy) is 2. The van der Waals surface area contributed by atoms with Gasteiger partial charge in [0.25, 0.3) is 11.6 Å². The molecule has 3 rings (SSSR count). The van der Waals surface area contributed by atoms with Crippen LogP contribution in [0.15, 0.2) is 48.5 Å². The number of nitrogens with zero attached hydrogens (tertiary/aromatic N) is 3. The lowest BCUT2D eigenvalue weighted by molar-refractivity contribution is -0.384. The van der Waals surface area contributed by atoms with Crippen LogP contribution in [0.5, 0.6) is 11.5 Å². The highest BCUT2D eigenvalue weighted by molar-refractivity contribution is 6.04. The molecular formula is C21H20N4O6. The Morgan fingerprint density at radius 1 is 1.16 bits per heavy atom. The topological polar surface area (TPSA) is 126 Å². The number of nitro benzene ring substituents is 1. The summed E-state index contributed by atoms with van der Waals surface area (Å²) in [6, 6.07) is 12.4. The van der Waals surface area contributed by atoms with Crippen molar-refractivity contribution in [2.45, 2.75) is 13.8 Å². The van der Waals surface area contributed by atoms with Gasteiger partial charge in [0, 0.05) is 25.2 Å². The van der Waals surface area contributed by atoms with Crippen molar-refractivity contribution in [3.8, 4) is 11.5 Å². The molecule has 1 heterocycles. The molecule has 0 saturated carbocycles. The molecule has 0 radical (unpaired) electrons. The van der Waals surface area contributed by atoms with E-state index in [1.165, 1.54) is 36.0 Å². The van der Waals surface area contributed by atoms with Gasteiger partial charge in [-0.05, 0) is 31.5 Å². The average molecular weight is 424 g/mol. The Balaban J connectivity index is 1.86. The molecule has 3 aromatic rings. The SMILES string of the molecule is CCOC(=O)c1cc(C(=O)Nc2cc(Oc3cccc(C)c3)cc([N+](=O)[O-])c2)nn1C. The van der Waals surface area contributed by atoms with Gasteiger partial charge in [-0.25, -0.2) is 4.79 Å². The fraction of sp³-hybridized carbons (Fsp3) is 0.190. The van der Waals surface area contributed by atoms with Crippen molar-refractivity contribution >= 4 is 23.3 Å². The van der Waals surface area contributed by atoms with Crippen LogP contribution in [0.3, 0.4) is 0 Å². The molecule has 0 saturated heterocycles. The molecule has 0 spiro atoms. The Labute approximate surface area is 177 Å². The van der Waals surface area contributed by atoms with Gasteiger partial charge in [-0.2, -0.15) is 5.10 Å². The number of carbonyl (C=O) groups excluding carboxylic acids is 2. The molecule has 0 bridgehead atoms. The van der Waals surface area contributed by atoms with E-state index in [9.17, 15) is 19.7 Å². The number of nitro groups is 1. The second-order valence-electron chi connectivity index (χ2n) is 6.60. The predicted octanol–water partition coefficient (Wildman–Crippen LogP) is 3.86. The van der Waals surface area contributed by atoms with Gasteiger partial charge in [0.15, 0.2) is 5.69 Å². The van der Waals surface area contributed by atoms with E-state index in [1.54, 1.807) is 25.1 Å². The molecule has 1 N–H and O–H groups in total. The second kappa shape index (κ2) is 9.08. The van der Waals surface area contributed by atoms with Crippen molar-refractivity contribution in [2.24, 2.45) is 7.05 Å². The second-order valence-corrected chi connectivity index (χ2v) is 6.60. The zero-order valence-electron chi connectivity index (χ0n) is 17.1. The lowest BCUT2D eigenvalue weighted by Gasteiger charge is -2.09. The standard InChI is InChI=1S/C21H20N4O6/c1-4-30-21(27)19-12-18(23-24(19)3)20(26)22-14-9-15(25(28)29)11-17(10-14)31-16-7-5-6-13(2)8-16/h5-12H,4H2,1-3H3,(H,22,26). The van der Waals surface area contributed by atoms with Crippen LogP contribution in [0.4, 0.5) is 11.4 Å². The quantitative estimate of drug-likeness (QED) is 0.347. The summed E-state index contributed by atoms with van der Waals surface area (Å²) in [6.45, 7) is 3.74. The number of carbonyl (C=O) groups is 2. The highest BCUT2D eigenvalue weighted by atomic mass is 16.6. The normalized spacial score (nSPS) is 10.4. The van der Waals surface area contributed by atoms with E-state index in [-0.39, 0.29) is 35.1 Å². The Bertz CT molecular complexity index is 1150. The lowest BCUT2D eigenvalue weighted by atomic mass is 10.2. The van der Waals surface area contributed by atoms with Gasteiger partial charge in [0.05, 0.1) is 23.3 Å². The molecule has 0 aliphatic carbocycles. The highest BCUT2D eigenvalue weighted by Gasteiger charge is 2.20. The van der Waals surface area contributed by atoms with Crippen LogP contribution in [0.1, 0.15) is 33.5 Å². The molecule has 2 aromatic carbocycles. The molecule has 160 valence electrons. The molecule has 1 amide bonds. The van der Waals surface area contributed by atoms with E-state index in [0.717, 1.165) is 5.56 Å². The summed E-state index contributed by atoms with van der Waals surface area (Å²) in [5.41, 5.74) is 0.913. The molecule has 0 fully saturated rings. The van der Waals surface area contributed by atoms with Crippen molar-refractivity contribution in [3.63, 3.8) is 0 Å². The third kappa shape index (κ3) is 5.24. The molecular weight excluding hydrogens is 404 g/mol. The largest absolute Gasteiger partial charge is 0.461 e. The van der Waals surface area contributed by atoms with Crippen molar-refractivity contribution < 1.29 is 24.0 Å². The lowest BCUT2D eigenvalue weighted by Crippen LogP contribution is -2.13. The Morgan fingerprint density at radius 2 is 1.94 bits per heavy atom. The Hall–Kier alpha value is -4.21. The highest BCUT2D eigenvalue weighted by Crippen LogP contribution is 2.30. The average Bonchev–Trinajstić information content (AvgIpc) is 3.10. The summed E-state index contributed by atoms with van der Waals surface area (Å²) in [5.74, 6) is -0.571. The van der Waals surface area contributed by atoms with Crippen molar-refractivity contribution in [1.82, 2.24) is 9.78 Å². The predicted molar refractivity (Wildman–Crippen MR) is 111 cm³/mol. The first-order valence-electron chi connectivity index (χ1n) is 9.33. The first-order valence-corrected chi connectivity index (χ1v) is 9.33. The molecule has 10 nitrogen and oxygen atoms in total. The van der Waals surface area contributed by atoms with Crippen LogP contribution in [-0.2, 0) is 11.8 Å². The molecule has 0 atom stereocenters. The summed E-state index contributed by atoms with van der Waals surface area (Å²) in [4.78, 5) is 35.3. The minimum Gasteiger partial charge on any atom is -0.461 e. The van der Waals surface area contributed by atoms with E-state index >= 15 is 0 Å². The van der Waals surface area contributed by atoms with Gasteiger partial charge in [0.1, 0.15) is 17.2 Å². The fourth-order valence-corrected chi connectivity index (χ4v) is 2.80. The number of aryl methyl sites for hydroxylation is 2. The van der Waals surface area contributed by atoms with Crippen molar-refractivity contribution in [1.29, 1.82) is 0 Å². The fourth-order valence-electron chi connectivity index (χ4n) is 2.80. The maximum atomic E-state index is 12.6. The van der Waals surface area contributed by atoms with Gasteiger partial charge in [-0.3, -0.25) is 19.6 Å². The van der Waals surface area contributed by atoms with Crippen molar-refractivity contribution in [2.75, 3.05) is 11.9 Å². The van der Waals surface area contributed by atoms with Gasteiger partial charge in [0.2, 0.25) is 0 Å². The van der Waals surface area contributed by atoms with Crippen LogP contribution in [0, 0.1) is 17.0 Å². The maximum Gasteiger partial charge on any atom is 0.356 e. The maximum absolute atomic E-state index is 12.6. The molecule has 0 aliphatic heterocycles. The number of nitrogens with one attached hydrogen (secondary N) is 1. The van der Waals surface area contributed by atoms with Gasteiger partial charge < -0.3 is 14.8 Å². The number of amides is 1. The van der Waals surface area contributed by atoms with Crippen LogP contribution < -0.4 is 10.1 Å². The first-order chi connectivity index (χ1) is 14.8. The number of rotatable bonds is 7.